The Morgan fingerprint density at radius 2 is 1.70 bits per heavy atom. The van der Waals surface area contributed by atoms with Crippen molar-refractivity contribution < 1.29 is 9.59 Å². The molecule has 5 nitrogen and oxygen atoms in total. The molecule has 3 aromatic rings. The standard InChI is InChI=1S/C18H17N3O2/c1-12-6-5-7-13(10-12)17(22)19-20-18(23)15-11-21(2)16-9-4-3-8-14(15)16/h3-11H,1-2H3,(H,19,22)(H,20,23). The van der Waals surface area contributed by atoms with Gasteiger partial charge in [-0.3, -0.25) is 20.4 Å². The highest BCUT2D eigenvalue weighted by Crippen LogP contribution is 2.19. The molecule has 23 heavy (non-hydrogen) atoms. The highest BCUT2D eigenvalue weighted by molar-refractivity contribution is 6.07. The molecule has 0 unspecified atom stereocenters. The molecule has 2 N–H and O–H groups in total. The third-order valence-corrected chi connectivity index (χ3v) is 3.71. The third-order valence-electron chi connectivity index (χ3n) is 3.71. The van der Waals surface area contributed by atoms with Crippen LogP contribution in [0.25, 0.3) is 10.9 Å². The van der Waals surface area contributed by atoms with Gasteiger partial charge in [-0.25, -0.2) is 0 Å². The van der Waals surface area contributed by atoms with E-state index in [-0.39, 0.29) is 11.8 Å². The SMILES string of the molecule is Cc1cccc(C(=O)NNC(=O)c2cn(C)c3ccccc23)c1. The molecule has 0 atom stereocenters. The molecule has 0 radical (unpaired) electrons. The number of hydrogen-bond donors (Lipinski definition) is 2. The van der Waals surface area contributed by atoms with Gasteiger partial charge < -0.3 is 4.57 Å². The minimum atomic E-state index is -0.345. The van der Waals surface area contributed by atoms with E-state index in [0.717, 1.165) is 16.5 Å². The molecular formula is C18H17N3O2. The molecule has 116 valence electrons. The maximum absolute atomic E-state index is 12.3. The second-order valence-electron chi connectivity index (χ2n) is 5.45. The molecule has 1 aromatic heterocycles. The quantitative estimate of drug-likeness (QED) is 0.715. The van der Waals surface area contributed by atoms with Crippen molar-refractivity contribution in [3.63, 3.8) is 0 Å². The molecule has 0 aliphatic carbocycles. The zero-order chi connectivity index (χ0) is 16.4. The Kier molecular flexibility index (Phi) is 3.85. The molecule has 0 saturated carbocycles. The van der Waals surface area contributed by atoms with Crippen molar-refractivity contribution in [2.24, 2.45) is 7.05 Å². The highest BCUT2D eigenvalue weighted by Gasteiger charge is 2.14. The summed E-state index contributed by atoms with van der Waals surface area (Å²) in [6.45, 7) is 1.91. The van der Waals surface area contributed by atoms with E-state index in [2.05, 4.69) is 10.9 Å². The molecule has 5 heteroatoms. The summed E-state index contributed by atoms with van der Waals surface area (Å²) in [6.07, 6.45) is 1.75. The van der Waals surface area contributed by atoms with Crippen molar-refractivity contribution in [1.82, 2.24) is 15.4 Å². The number of fused-ring (bicyclic) bond motifs is 1. The molecule has 0 saturated heterocycles. The predicted molar refractivity (Wildman–Crippen MR) is 89.0 cm³/mol. The van der Waals surface area contributed by atoms with Gasteiger partial charge in [0.15, 0.2) is 0 Å². The second kappa shape index (κ2) is 5.96. The number of aryl methyl sites for hydroxylation is 2. The van der Waals surface area contributed by atoms with Gasteiger partial charge in [-0.05, 0) is 25.1 Å². The Morgan fingerprint density at radius 3 is 2.48 bits per heavy atom. The van der Waals surface area contributed by atoms with Gasteiger partial charge in [0.1, 0.15) is 0 Å². The summed E-state index contributed by atoms with van der Waals surface area (Å²) in [4.78, 5) is 24.4. The first-order valence-corrected chi connectivity index (χ1v) is 7.27. The van der Waals surface area contributed by atoms with Gasteiger partial charge in [-0.15, -0.1) is 0 Å². The first-order chi connectivity index (χ1) is 11.1. The Labute approximate surface area is 133 Å². The van der Waals surface area contributed by atoms with Crippen LogP contribution in [0.2, 0.25) is 0 Å². The Bertz CT molecular complexity index is 896. The van der Waals surface area contributed by atoms with E-state index < -0.39 is 0 Å². The highest BCUT2D eigenvalue weighted by atomic mass is 16.2. The topological polar surface area (TPSA) is 63.1 Å². The number of nitrogens with one attached hydrogen (secondary N) is 2. The molecule has 0 bridgehead atoms. The van der Waals surface area contributed by atoms with Gasteiger partial charge in [0.2, 0.25) is 0 Å². The maximum atomic E-state index is 12.3. The summed E-state index contributed by atoms with van der Waals surface area (Å²) in [7, 11) is 1.88. The van der Waals surface area contributed by atoms with E-state index >= 15 is 0 Å². The van der Waals surface area contributed by atoms with Crippen molar-refractivity contribution in [2.75, 3.05) is 0 Å². The average molecular weight is 307 g/mol. The zero-order valence-electron chi connectivity index (χ0n) is 13.0. The number of para-hydroxylation sites is 1. The summed E-state index contributed by atoms with van der Waals surface area (Å²) in [6, 6.07) is 14.8. The fourth-order valence-electron chi connectivity index (χ4n) is 2.56. The van der Waals surface area contributed by atoms with Crippen LogP contribution >= 0.6 is 0 Å². The van der Waals surface area contributed by atoms with Crippen LogP contribution in [-0.2, 0) is 7.05 Å². The lowest BCUT2D eigenvalue weighted by molar-refractivity contribution is 0.0847. The smallest absolute Gasteiger partial charge is 0.271 e. The first-order valence-electron chi connectivity index (χ1n) is 7.27. The van der Waals surface area contributed by atoms with Crippen LogP contribution in [0.3, 0.4) is 0 Å². The van der Waals surface area contributed by atoms with Gasteiger partial charge in [-0.1, -0.05) is 35.9 Å². The van der Waals surface area contributed by atoms with E-state index in [0.29, 0.717) is 11.1 Å². The van der Waals surface area contributed by atoms with Crippen LogP contribution in [-0.4, -0.2) is 16.4 Å². The third kappa shape index (κ3) is 2.94. The normalized spacial score (nSPS) is 10.5. The van der Waals surface area contributed by atoms with Crippen LogP contribution < -0.4 is 10.9 Å². The maximum Gasteiger partial charge on any atom is 0.271 e. The number of nitrogens with zero attached hydrogens (tertiary/aromatic N) is 1. The number of carbonyl (C=O) groups is 2. The largest absolute Gasteiger partial charge is 0.350 e. The Morgan fingerprint density at radius 1 is 0.957 bits per heavy atom. The summed E-state index contributed by atoms with van der Waals surface area (Å²) in [5, 5.41) is 0.845. The van der Waals surface area contributed by atoms with E-state index in [1.54, 1.807) is 24.4 Å². The van der Waals surface area contributed by atoms with Gasteiger partial charge in [-0.2, -0.15) is 0 Å². The summed E-state index contributed by atoms with van der Waals surface area (Å²) >= 11 is 0. The molecule has 0 aliphatic rings. The fourth-order valence-corrected chi connectivity index (χ4v) is 2.56. The van der Waals surface area contributed by atoms with Crippen LogP contribution in [0.1, 0.15) is 26.3 Å². The summed E-state index contributed by atoms with van der Waals surface area (Å²) in [5.74, 6) is -0.690. The summed E-state index contributed by atoms with van der Waals surface area (Å²) in [5.41, 5.74) is 7.89. The first kappa shape index (κ1) is 14.8. The number of hydrogen-bond acceptors (Lipinski definition) is 2. The molecule has 3 rings (SSSR count). The monoisotopic (exact) mass is 307 g/mol. The van der Waals surface area contributed by atoms with Crippen LogP contribution in [0.5, 0.6) is 0 Å². The number of benzene rings is 2. The van der Waals surface area contributed by atoms with Crippen LogP contribution in [0.15, 0.2) is 54.7 Å². The van der Waals surface area contributed by atoms with Gasteiger partial charge in [0, 0.05) is 29.7 Å². The Hall–Kier alpha value is -3.08. The number of hydrazine groups is 1. The van der Waals surface area contributed by atoms with Crippen molar-refractivity contribution in [2.45, 2.75) is 6.92 Å². The van der Waals surface area contributed by atoms with Gasteiger partial charge in [0.25, 0.3) is 11.8 Å². The van der Waals surface area contributed by atoms with Crippen molar-refractivity contribution >= 4 is 22.7 Å². The van der Waals surface area contributed by atoms with E-state index in [4.69, 9.17) is 0 Å². The number of amides is 2. The summed E-state index contributed by atoms with van der Waals surface area (Å²) < 4.78 is 1.88. The van der Waals surface area contributed by atoms with E-state index in [1.165, 1.54) is 0 Å². The number of aromatic nitrogens is 1. The van der Waals surface area contributed by atoms with Crippen LogP contribution in [0, 0.1) is 6.92 Å². The molecule has 0 spiro atoms. The zero-order valence-corrected chi connectivity index (χ0v) is 13.0. The number of rotatable bonds is 2. The fraction of sp³-hybridized carbons (Fsp3) is 0.111. The van der Waals surface area contributed by atoms with E-state index in [9.17, 15) is 9.59 Å². The van der Waals surface area contributed by atoms with Gasteiger partial charge >= 0.3 is 0 Å². The van der Waals surface area contributed by atoms with Crippen molar-refractivity contribution in [1.29, 1.82) is 0 Å². The van der Waals surface area contributed by atoms with Crippen LogP contribution in [0.4, 0.5) is 0 Å². The molecule has 2 amide bonds. The lowest BCUT2D eigenvalue weighted by Gasteiger charge is -2.07. The lowest BCUT2D eigenvalue weighted by atomic mass is 10.1. The molecule has 1 heterocycles. The Balaban J connectivity index is 1.75. The second-order valence-corrected chi connectivity index (χ2v) is 5.45. The molecular weight excluding hydrogens is 290 g/mol. The lowest BCUT2D eigenvalue weighted by Crippen LogP contribution is -2.41. The number of carbonyl (C=O) groups excluding carboxylic acids is 2. The van der Waals surface area contributed by atoms with Crippen molar-refractivity contribution in [3.8, 4) is 0 Å². The predicted octanol–water partition coefficient (Wildman–Crippen LogP) is 2.56. The molecule has 2 aromatic carbocycles. The minimum absolute atomic E-state index is 0.345. The van der Waals surface area contributed by atoms with Gasteiger partial charge in [0.05, 0.1) is 5.56 Å². The molecule has 0 aliphatic heterocycles. The molecule has 0 fully saturated rings. The average Bonchev–Trinajstić information content (AvgIpc) is 2.90. The van der Waals surface area contributed by atoms with Crippen molar-refractivity contribution in [3.05, 3.63) is 71.4 Å². The van der Waals surface area contributed by atoms with E-state index in [1.807, 2.05) is 48.9 Å². The minimum Gasteiger partial charge on any atom is -0.350 e.